The first-order valence-corrected chi connectivity index (χ1v) is 6.88. The Kier molecular flexibility index (Phi) is 3.60. The van der Waals surface area contributed by atoms with E-state index >= 15 is 0 Å². The number of phenols is 1. The van der Waals surface area contributed by atoms with Crippen LogP contribution in [-0.4, -0.2) is 19.6 Å². The Morgan fingerprint density at radius 2 is 1.95 bits per heavy atom. The minimum Gasteiger partial charge on any atom is -0.508 e. The number of aromatic hydroxyl groups is 1. The van der Waals surface area contributed by atoms with Crippen molar-refractivity contribution in [1.29, 1.82) is 0 Å². The van der Waals surface area contributed by atoms with Crippen molar-refractivity contribution < 1.29 is 10.2 Å². The highest BCUT2D eigenvalue weighted by atomic mass is 16.3. The van der Waals surface area contributed by atoms with Crippen molar-refractivity contribution in [2.45, 2.75) is 20.5 Å². The van der Waals surface area contributed by atoms with Gasteiger partial charge in [0.1, 0.15) is 11.4 Å². The number of phenolic OH excluding ortho intramolecular Hbond substituents is 1. The fraction of sp³-hybridized carbons (Fsp3) is 0.188. The zero-order valence-electron chi connectivity index (χ0n) is 12.4. The van der Waals surface area contributed by atoms with Crippen LogP contribution >= 0.6 is 0 Å². The molecule has 6 nitrogen and oxygen atoms in total. The van der Waals surface area contributed by atoms with E-state index in [1.54, 1.807) is 18.2 Å². The lowest BCUT2D eigenvalue weighted by Crippen LogP contribution is -1.88. The van der Waals surface area contributed by atoms with E-state index in [1.165, 1.54) is 0 Å². The second-order valence-electron chi connectivity index (χ2n) is 5.11. The summed E-state index contributed by atoms with van der Waals surface area (Å²) in [5.41, 5.74) is 3.82. The first-order chi connectivity index (χ1) is 10.6. The Bertz CT molecular complexity index is 868. The van der Waals surface area contributed by atoms with E-state index in [0.717, 1.165) is 22.5 Å². The molecular formula is C16H16N4O2. The molecule has 0 spiro atoms. The molecule has 6 heteroatoms. The molecule has 0 fully saturated rings. The number of hydrogen-bond donors (Lipinski definition) is 2. The molecule has 0 bridgehead atoms. The summed E-state index contributed by atoms with van der Waals surface area (Å²) in [6.45, 7) is 3.71. The molecule has 0 saturated carbocycles. The van der Waals surface area contributed by atoms with Gasteiger partial charge in [0.05, 0.1) is 18.0 Å². The lowest BCUT2D eigenvalue weighted by atomic mass is 10.2. The van der Waals surface area contributed by atoms with Crippen LogP contribution in [0.15, 0.2) is 46.8 Å². The van der Waals surface area contributed by atoms with E-state index in [4.69, 9.17) is 0 Å². The van der Waals surface area contributed by atoms with E-state index in [-0.39, 0.29) is 12.4 Å². The summed E-state index contributed by atoms with van der Waals surface area (Å²) in [6.07, 6.45) is 1.82. The Morgan fingerprint density at radius 1 is 1.14 bits per heavy atom. The summed E-state index contributed by atoms with van der Waals surface area (Å²) < 4.78 is 1.83. The summed E-state index contributed by atoms with van der Waals surface area (Å²) in [4.78, 5) is 4.43. The highest BCUT2D eigenvalue weighted by molar-refractivity contribution is 5.54. The first kappa shape index (κ1) is 14.2. The molecule has 0 radical (unpaired) electrons. The van der Waals surface area contributed by atoms with Crippen LogP contribution in [0, 0.1) is 13.8 Å². The largest absolute Gasteiger partial charge is 0.508 e. The second-order valence-corrected chi connectivity index (χ2v) is 5.11. The molecule has 0 aliphatic rings. The number of aliphatic hydroxyl groups excluding tert-OH is 1. The van der Waals surface area contributed by atoms with Gasteiger partial charge in [0.25, 0.3) is 0 Å². The minimum absolute atomic E-state index is 0.0219. The van der Waals surface area contributed by atoms with Gasteiger partial charge in [-0.2, -0.15) is 0 Å². The minimum atomic E-state index is -0.0219. The maximum atomic E-state index is 9.42. The third kappa shape index (κ3) is 2.56. The molecule has 0 unspecified atom stereocenters. The molecule has 0 atom stereocenters. The van der Waals surface area contributed by atoms with Gasteiger partial charge in [0, 0.05) is 6.20 Å². The van der Waals surface area contributed by atoms with Crippen LogP contribution in [0.5, 0.6) is 5.75 Å². The zero-order chi connectivity index (χ0) is 15.7. The third-order valence-electron chi connectivity index (χ3n) is 3.45. The van der Waals surface area contributed by atoms with E-state index < -0.39 is 0 Å². The number of aromatic nitrogens is 2. The van der Waals surface area contributed by atoms with Gasteiger partial charge in [-0.15, -0.1) is 10.2 Å². The molecular weight excluding hydrogens is 280 g/mol. The molecule has 2 N–H and O–H groups in total. The number of hydrogen-bond acceptors (Lipinski definition) is 5. The molecule has 0 amide bonds. The van der Waals surface area contributed by atoms with Crippen molar-refractivity contribution in [3.05, 3.63) is 53.3 Å². The van der Waals surface area contributed by atoms with Crippen LogP contribution in [0.25, 0.3) is 5.65 Å². The molecule has 3 rings (SSSR count). The normalized spacial score (nSPS) is 11.6. The molecule has 0 aliphatic carbocycles. The van der Waals surface area contributed by atoms with Crippen LogP contribution in [0.1, 0.15) is 16.8 Å². The number of aryl methyl sites for hydroxylation is 2. The molecule has 0 aliphatic heterocycles. The zero-order valence-corrected chi connectivity index (χ0v) is 12.4. The lowest BCUT2D eigenvalue weighted by Gasteiger charge is -2.01. The molecule has 112 valence electrons. The number of rotatable bonds is 3. The molecule has 0 saturated heterocycles. The first-order valence-electron chi connectivity index (χ1n) is 6.88. The average molecular weight is 296 g/mol. The van der Waals surface area contributed by atoms with E-state index in [9.17, 15) is 10.2 Å². The van der Waals surface area contributed by atoms with Crippen molar-refractivity contribution in [3.63, 3.8) is 0 Å². The maximum Gasteiger partial charge on any atom is 0.182 e. The van der Waals surface area contributed by atoms with Crippen molar-refractivity contribution >= 4 is 17.2 Å². The summed E-state index contributed by atoms with van der Waals surface area (Å²) in [7, 11) is 0. The molecule has 2 heterocycles. The summed E-state index contributed by atoms with van der Waals surface area (Å²) >= 11 is 0. The Hall–Kier alpha value is -2.73. The highest BCUT2D eigenvalue weighted by Gasteiger charge is 2.08. The fourth-order valence-electron chi connectivity index (χ4n) is 2.26. The third-order valence-corrected chi connectivity index (χ3v) is 3.45. The van der Waals surface area contributed by atoms with Gasteiger partial charge in [-0.1, -0.05) is 0 Å². The van der Waals surface area contributed by atoms with Crippen LogP contribution in [0.3, 0.4) is 0 Å². The van der Waals surface area contributed by atoms with Crippen molar-refractivity contribution in [2.24, 2.45) is 10.2 Å². The molecule has 3 aromatic rings. The van der Waals surface area contributed by atoms with Crippen LogP contribution in [-0.2, 0) is 6.61 Å². The van der Waals surface area contributed by atoms with Gasteiger partial charge in [-0.25, -0.2) is 4.98 Å². The number of nitrogens with zero attached hydrogens (tertiary/aromatic N) is 4. The van der Waals surface area contributed by atoms with E-state index in [1.807, 2.05) is 36.6 Å². The van der Waals surface area contributed by atoms with Gasteiger partial charge in [-0.3, -0.25) is 4.40 Å². The Morgan fingerprint density at radius 3 is 2.68 bits per heavy atom. The van der Waals surface area contributed by atoms with E-state index in [2.05, 4.69) is 15.2 Å². The average Bonchev–Trinajstić information content (AvgIpc) is 2.81. The smallest absolute Gasteiger partial charge is 0.182 e. The van der Waals surface area contributed by atoms with Crippen molar-refractivity contribution in [2.75, 3.05) is 0 Å². The summed E-state index contributed by atoms with van der Waals surface area (Å²) in [5.74, 6) is 0.853. The van der Waals surface area contributed by atoms with Gasteiger partial charge in [0.2, 0.25) is 0 Å². The van der Waals surface area contributed by atoms with Crippen molar-refractivity contribution in [3.8, 4) is 5.75 Å². The van der Waals surface area contributed by atoms with Gasteiger partial charge >= 0.3 is 0 Å². The number of pyridine rings is 1. The topological polar surface area (TPSA) is 82.5 Å². The molecule has 1 aromatic carbocycles. The standard InChI is InChI=1S/C16H16N4O2/c1-10-7-13(22)3-4-14(10)18-19-16-11(2)17-15-8-12(9-21)5-6-20(15)16/h3-8,21-22H,9H2,1-2H3. The van der Waals surface area contributed by atoms with Crippen LogP contribution in [0.4, 0.5) is 11.5 Å². The van der Waals surface area contributed by atoms with Crippen LogP contribution in [0.2, 0.25) is 0 Å². The predicted octanol–water partition coefficient (Wildman–Crippen LogP) is 3.56. The second kappa shape index (κ2) is 5.57. The number of azo groups is 1. The summed E-state index contributed by atoms with van der Waals surface area (Å²) in [5, 5.41) is 27.1. The van der Waals surface area contributed by atoms with Crippen molar-refractivity contribution in [1.82, 2.24) is 9.38 Å². The number of imidazole rings is 1. The quantitative estimate of drug-likeness (QED) is 0.725. The lowest BCUT2D eigenvalue weighted by molar-refractivity contribution is 0.282. The number of benzene rings is 1. The van der Waals surface area contributed by atoms with Crippen LogP contribution < -0.4 is 0 Å². The highest BCUT2D eigenvalue weighted by Crippen LogP contribution is 2.27. The number of aliphatic hydroxyl groups is 1. The fourth-order valence-corrected chi connectivity index (χ4v) is 2.26. The van der Waals surface area contributed by atoms with E-state index in [0.29, 0.717) is 11.5 Å². The Balaban J connectivity index is 2.03. The van der Waals surface area contributed by atoms with Gasteiger partial charge < -0.3 is 10.2 Å². The molecule has 2 aromatic heterocycles. The predicted molar refractivity (Wildman–Crippen MR) is 82.9 cm³/mol. The maximum absolute atomic E-state index is 9.42. The summed E-state index contributed by atoms with van der Waals surface area (Å²) in [6, 6.07) is 8.58. The monoisotopic (exact) mass is 296 g/mol. The Labute approximate surface area is 127 Å². The van der Waals surface area contributed by atoms with Gasteiger partial charge in [-0.05, 0) is 55.3 Å². The van der Waals surface area contributed by atoms with Gasteiger partial charge in [0.15, 0.2) is 5.82 Å². The SMILES string of the molecule is Cc1cc(O)ccc1N=Nc1c(C)nc2cc(CO)ccn12. The number of fused-ring (bicyclic) bond motifs is 1. The molecule has 22 heavy (non-hydrogen) atoms.